The summed E-state index contributed by atoms with van der Waals surface area (Å²) in [7, 11) is 0. The Morgan fingerprint density at radius 3 is 2.33 bits per heavy atom. The molecule has 1 saturated heterocycles. The fraction of sp³-hybridized carbons (Fsp3) is 0.846. The van der Waals surface area contributed by atoms with E-state index in [1.54, 1.807) is 20.8 Å². The molecular formula is C13H24N2O3. The van der Waals surface area contributed by atoms with E-state index in [2.05, 4.69) is 5.32 Å². The lowest BCUT2D eigenvalue weighted by atomic mass is 9.93. The molecule has 1 heterocycles. The summed E-state index contributed by atoms with van der Waals surface area (Å²) in [5.41, 5.74) is -0.851. The lowest BCUT2D eigenvalue weighted by Crippen LogP contribution is -2.49. The molecule has 0 radical (unpaired) electrons. The number of nitrogens with zero attached hydrogens (tertiary/aromatic N) is 1. The molecule has 0 aromatic carbocycles. The van der Waals surface area contributed by atoms with Gasteiger partial charge in [-0.15, -0.1) is 0 Å². The highest BCUT2D eigenvalue weighted by Crippen LogP contribution is 2.14. The minimum absolute atomic E-state index is 0.0795. The molecule has 5 heteroatoms. The summed E-state index contributed by atoms with van der Waals surface area (Å²) in [5.74, 6) is -0.775. The van der Waals surface area contributed by atoms with Crippen molar-refractivity contribution in [3.63, 3.8) is 0 Å². The second-order valence-electron chi connectivity index (χ2n) is 5.68. The average Bonchev–Trinajstić information content (AvgIpc) is 2.36. The number of hydrogen-bond acceptors (Lipinski definition) is 3. The molecule has 1 aliphatic rings. The highest BCUT2D eigenvalue weighted by molar-refractivity contribution is 5.81. The summed E-state index contributed by atoms with van der Waals surface area (Å²) < 4.78 is 0. The zero-order valence-electron chi connectivity index (χ0n) is 11.5. The fourth-order valence-corrected chi connectivity index (χ4v) is 1.96. The summed E-state index contributed by atoms with van der Waals surface area (Å²) in [6.07, 6.45) is 3.33. The molecule has 0 aromatic rings. The van der Waals surface area contributed by atoms with Crippen LogP contribution in [0.25, 0.3) is 0 Å². The van der Waals surface area contributed by atoms with Gasteiger partial charge < -0.3 is 15.3 Å². The van der Waals surface area contributed by atoms with Crippen LogP contribution in [-0.4, -0.2) is 47.6 Å². The SMILES string of the molecule is CC(NCC(C)(C)C(=O)O)C(=O)N1CCCCC1. The van der Waals surface area contributed by atoms with Gasteiger partial charge in [0.25, 0.3) is 0 Å². The van der Waals surface area contributed by atoms with Gasteiger partial charge in [0.1, 0.15) is 0 Å². The van der Waals surface area contributed by atoms with Gasteiger partial charge >= 0.3 is 5.97 Å². The molecule has 1 unspecified atom stereocenters. The first kappa shape index (κ1) is 15.0. The van der Waals surface area contributed by atoms with Crippen molar-refractivity contribution < 1.29 is 14.7 Å². The van der Waals surface area contributed by atoms with Crippen LogP contribution in [0.3, 0.4) is 0 Å². The molecule has 0 aromatic heterocycles. The summed E-state index contributed by atoms with van der Waals surface area (Å²) in [5, 5.41) is 12.0. The van der Waals surface area contributed by atoms with Crippen LogP contribution in [0.5, 0.6) is 0 Å². The van der Waals surface area contributed by atoms with E-state index in [4.69, 9.17) is 5.11 Å². The molecule has 1 amide bonds. The van der Waals surface area contributed by atoms with Gasteiger partial charge in [-0.25, -0.2) is 0 Å². The number of carboxylic acid groups (broad SMARTS) is 1. The Bertz CT molecular complexity index is 309. The predicted octanol–water partition coefficient (Wildman–Crippen LogP) is 1.09. The van der Waals surface area contributed by atoms with E-state index in [1.165, 1.54) is 6.42 Å². The molecule has 1 fully saturated rings. The number of aliphatic carboxylic acids is 1. The Kier molecular flexibility index (Phi) is 5.14. The average molecular weight is 256 g/mol. The largest absolute Gasteiger partial charge is 0.481 e. The van der Waals surface area contributed by atoms with Gasteiger partial charge in [0.05, 0.1) is 11.5 Å². The second-order valence-corrected chi connectivity index (χ2v) is 5.68. The highest BCUT2D eigenvalue weighted by Gasteiger charge is 2.29. The normalized spacial score (nSPS) is 18.5. The van der Waals surface area contributed by atoms with Crippen molar-refractivity contribution in [1.29, 1.82) is 0 Å². The first-order chi connectivity index (χ1) is 8.34. The molecule has 0 spiro atoms. The number of rotatable bonds is 5. The van der Waals surface area contributed by atoms with Crippen molar-refractivity contribution in [2.75, 3.05) is 19.6 Å². The minimum atomic E-state index is -0.854. The summed E-state index contributed by atoms with van der Waals surface area (Å²) >= 11 is 0. The standard InChI is InChI=1S/C13H24N2O3/c1-10(14-9-13(2,3)12(17)18)11(16)15-7-5-4-6-8-15/h10,14H,4-9H2,1-3H3,(H,17,18). The predicted molar refractivity (Wildman–Crippen MR) is 69.3 cm³/mol. The number of amides is 1. The monoisotopic (exact) mass is 256 g/mol. The first-order valence-corrected chi connectivity index (χ1v) is 6.60. The van der Waals surface area contributed by atoms with Crippen LogP contribution in [0.4, 0.5) is 0 Å². The number of piperidine rings is 1. The Hall–Kier alpha value is -1.10. The molecule has 1 atom stereocenters. The summed E-state index contributed by atoms with van der Waals surface area (Å²) in [6, 6.07) is -0.318. The van der Waals surface area contributed by atoms with Crippen molar-refractivity contribution in [2.24, 2.45) is 5.41 Å². The van der Waals surface area contributed by atoms with Gasteiger partial charge in [0.15, 0.2) is 0 Å². The molecule has 1 aliphatic heterocycles. The summed E-state index contributed by atoms with van der Waals surface area (Å²) in [4.78, 5) is 24.9. The van der Waals surface area contributed by atoms with E-state index < -0.39 is 11.4 Å². The quantitative estimate of drug-likeness (QED) is 0.772. The summed E-state index contributed by atoms with van der Waals surface area (Å²) in [6.45, 7) is 7.05. The van der Waals surface area contributed by atoms with Crippen LogP contribution in [0.15, 0.2) is 0 Å². The second kappa shape index (κ2) is 6.18. The Balaban J connectivity index is 2.42. The minimum Gasteiger partial charge on any atom is -0.481 e. The fourth-order valence-electron chi connectivity index (χ4n) is 1.96. The molecule has 18 heavy (non-hydrogen) atoms. The maximum atomic E-state index is 12.1. The molecule has 104 valence electrons. The van der Waals surface area contributed by atoms with E-state index in [1.807, 2.05) is 4.90 Å². The van der Waals surface area contributed by atoms with Crippen LogP contribution in [0.1, 0.15) is 40.0 Å². The van der Waals surface area contributed by atoms with Crippen LogP contribution < -0.4 is 5.32 Å². The van der Waals surface area contributed by atoms with Gasteiger partial charge in [-0.2, -0.15) is 0 Å². The van der Waals surface area contributed by atoms with Crippen LogP contribution in [-0.2, 0) is 9.59 Å². The number of carbonyl (C=O) groups is 2. The van der Waals surface area contributed by atoms with E-state index in [-0.39, 0.29) is 11.9 Å². The number of nitrogens with one attached hydrogen (secondary N) is 1. The van der Waals surface area contributed by atoms with Crippen molar-refractivity contribution in [3.05, 3.63) is 0 Å². The third kappa shape index (κ3) is 3.98. The molecule has 0 saturated carbocycles. The Labute approximate surface area is 109 Å². The Morgan fingerprint density at radius 1 is 1.28 bits per heavy atom. The number of carboxylic acids is 1. The van der Waals surface area contributed by atoms with Crippen molar-refractivity contribution in [1.82, 2.24) is 10.2 Å². The van der Waals surface area contributed by atoms with Gasteiger partial charge in [-0.1, -0.05) is 0 Å². The lowest BCUT2D eigenvalue weighted by Gasteiger charge is -2.30. The topological polar surface area (TPSA) is 69.6 Å². The van der Waals surface area contributed by atoms with Crippen LogP contribution in [0.2, 0.25) is 0 Å². The molecule has 0 bridgehead atoms. The van der Waals surface area contributed by atoms with E-state index in [0.717, 1.165) is 25.9 Å². The number of likely N-dealkylation sites (tertiary alicyclic amines) is 1. The maximum Gasteiger partial charge on any atom is 0.310 e. The molecular weight excluding hydrogens is 232 g/mol. The van der Waals surface area contributed by atoms with Crippen LogP contribution >= 0.6 is 0 Å². The van der Waals surface area contributed by atoms with Crippen LogP contribution in [0, 0.1) is 5.41 Å². The zero-order valence-corrected chi connectivity index (χ0v) is 11.5. The zero-order chi connectivity index (χ0) is 13.8. The Morgan fingerprint density at radius 2 is 1.83 bits per heavy atom. The van der Waals surface area contributed by atoms with Crippen molar-refractivity contribution in [3.8, 4) is 0 Å². The maximum absolute atomic E-state index is 12.1. The van der Waals surface area contributed by atoms with Crippen molar-refractivity contribution in [2.45, 2.75) is 46.1 Å². The number of carbonyl (C=O) groups excluding carboxylic acids is 1. The molecule has 5 nitrogen and oxygen atoms in total. The molecule has 0 aliphatic carbocycles. The van der Waals surface area contributed by atoms with E-state index >= 15 is 0 Å². The third-order valence-corrected chi connectivity index (χ3v) is 3.47. The van der Waals surface area contributed by atoms with Crippen molar-refractivity contribution >= 4 is 11.9 Å². The van der Waals surface area contributed by atoms with Gasteiger partial charge in [0, 0.05) is 19.6 Å². The highest BCUT2D eigenvalue weighted by atomic mass is 16.4. The number of hydrogen-bond donors (Lipinski definition) is 2. The van der Waals surface area contributed by atoms with E-state index in [9.17, 15) is 9.59 Å². The third-order valence-electron chi connectivity index (χ3n) is 3.47. The van der Waals surface area contributed by atoms with Gasteiger partial charge in [0.2, 0.25) is 5.91 Å². The van der Waals surface area contributed by atoms with Gasteiger partial charge in [-0.3, -0.25) is 9.59 Å². The molecule has 1 rings (SSSR count). The molecule has 2 N–H and O–H groups in total. The lowest BCUT2D eigenvalue weighted by molar-refractivity contribution is -0.147. The van der Waals surface area contributed by atoms with E-state index in [0.29, 0.717) is 6.54 Å². The van der Waals surface area contributed by atoms with Gasteiger partial charge in [-0.05, 0) is 40.0 Å². The first-order valence-electron chi connectivity index (χ1n) is 6.60. The smallest absolute Gasteiger partial charge is 0.310 e.